The molecule has 3 nitrogen and oxygen atoms in total. The average Bonchev–Trinajstić information content (AvgIpc) is 2.16. The van der Waals surface area contributed by atoms with Gasteiger partial charge in [-0.3, -0.25) is 0 Å². The summed E-state index contributed by atoms with van der Waals surface area (Å²) >= 11 is 0. The molecule has 0 aliphatic rings. The molecule has 80 valence electrons. The number of rotatable bonds is 10. The van der Waals surface area contributed by atoms with Crippen LogP contribution in [0.5, 0.6) is 0 Å². The fourth-order valence-corrected chi connectivity index (χ4v) is 1.15. The van der Waals surface area contributed by atoms with E-state index in [1.807, 2.05) is 0 Å². The van der Waals surface area contributed by atoms with Crippen molar-refractivity contribution in [1.82, 2.24) is 0 Å². The van der Waals surface area contributed by atoms with Crippen molar-refractivity contribution in [2.75, 3.05) is 26.3 Å². The molecule has 0 rings (SSSR count). The second-order valence-electron chi connectivity index (χ2n) is 3.31. The summed E-state index contributed by atoms with van der Waals surface area (Å²) in [6, 6.07) is 0. The van der Waals surface area contributed by atoms with E-state index >= 15 is 0 Å². The average molecular weight is 188 g/mol. The van der Waals surface area contributed by atoms with Gasteiger partial charge in [-0.15, -0.1) is 0 Å². The fourth-order valence-electron chi connectivity index (χ4n) is 1.15. The van der Waals surface area contributed by atoms with Gasteiger partial charge in [-0.2, -0.15) is 0 Å². The van der Waals surface area contributed by atoms with Crippen LogP contribution >= 0.6 is 0 Å². The molecule has 0 heterocycles. The third kappa shape index (κ3) is 11.9. The van der Waals surface area contributed by atoms with Gasteiger partial charge in [0.05, 0.1) is 0 Å². The van der Waals surface area contributed by atoms with Gasteiger partial charge in [0, 0.05) is 13.2 Å². The Balaban J connectivity index is 2.76. The zero-order valence-corrected chi connectivity index (χ0v) is 8.63. The Morgan fingerprint density at radius 2 is 1.08 bits per heavy atom. The first-order valence-electron chi connectivity index (χ1n) is 5.39. The second-order valence-corrected chi connectivity index (χ2v) is 3.31. The Hall–Kier alpha value is -0.120. The van der Waals surface area contributed by atoms with Crippen LogP contribution in [0, 0.1) is 0 Å². The Bertz CT molecular complexity index is 79.0. The van der Waals surface area contributed by atoms with Crippen LogP contribution in [0.15, 0.2) is 0 Å². The van der Waals surface area contributed by atoms with E-state index in [1.54, 1.807) is 0 Å². The van der Waals surface area contributed by atoms with Gasteiger partial charge in [0.25, 0.3) is 0 Å². The van der Waals surface area contributed by atoms with Crippen molar-refractivity contribution in [2.45, 2.75) is 38.5 Å². The Labute approximate surface area is 81.8 Å². The minimum absolute atomic E-state index is 0.802. The predicted octanol–water partition coefficient (Wildman–Crippen LogP) is 1.26. The quantitative estimate of drug-likeness (QED) is 0.507. The van der Waals surface area contributed by atoms with E-state index in [0.717, 1.165) is 52.0 Å². The van der Waals surface area contributed by atoms with Gasteiger partial charge in [-0.05, 0) is 51.6 Å². The van der Waals surface area contributed by atoms with E-state index in [-0.39, 0.29) is 0 Å². The summed E-state index contributed by atoms with van der Waals surface area (Å²) in [6.45, 7) is 3.39. The zero-order valence-electron chi connectivity index (χ0n) is 8.63. The van der Waals surface area contributed by atoms with Crippen LogP contribution in [0.2, 0.25) is 0 Å². The highest BCUT2D eigenvalue weighted by Crippen LogP contribution is 1.97. The van der Waals surface area contributed by atoms with Crippen LogP contribution in [0.1, 0.15) is 38.5 Å². The van der Waals surface area contributed by atoms with Crippen molar-refractivity contribution in [2.24, 2.45) is 11.5 Å². The van der Waals surface area contributed by atoms with Gasteiger partial charge >= 0.3 is 0 Å². The smallest absolute Gasteiger partial charge is 0.0466 e. The van der Waals surface area contributed by atoms with E-state index in [0.29, 0.717) is 0 Å². The van der Waals surface area contributed by atoms with Crippen molar-refractivity contribution in [3.63, 3.8) is 0 Å². The molecule has 0 aromatic rings. The molecule has 0 saturated carbocycles. The maximum atomic E-state index is 5.45. The van der Waals surface area contributed by atoms with E-state index in [1.165, 1.54) is 12.8 Å². The first-order valence-corrected chi connectivity index (χ1v) is 5.39. The molecule has 0 spiro atoms. The van der Waals surface area contributed by atoms with Gasteiger partial charge in [0.2, 0.25) is 0 Å². The summed E-state index contributed by atoms with van der Waals surface area (Å²) in [5.74, 6) is 0. The fraction of sp³-hybridized carbons (Fsp3) is 1.00. The summed E-state index contributed by atoms with van der Waals surface area (Å²) in [5, 5.41) is 0. The number of nitrogens with two attached hydrogens (primary N) is 2. The number of unbranched alkanes of at least 4 members (excludes halogenated alkanes) is 4. The van der Waals surface area contributed by atoms with Crippen molar-refractivity contribution in [3.05, 3.63) is 0 Å². The van der Waals surface area contributed by atoms with Crippen molar-refractivity contribution in [3.8, 4) is 0 Å². The molecule has 0 unspecified atom stereocenters. The van der Waals surface area contributed by atoms with Gasteiger partial charge in [-0.25, -0.2) is 0 Å². The van der Waals surface area contributed by atoms with E-state index in [2.05, 4.69) is 0 Å². The van der Waals surface area contributed by atoms with Gasteiger partial charge < -0.3 is 16.2 Å². The third-order valence-electron chi connectivity index (χ3n) is 1.99. The zero-order chi connectivity index (χ0) is 9.78. The molecule has 3 heteroatoms. The lowest BCUT2D eigenvalue weighted by Crippen LogP contribution is -2.02. The maximum absolute atomic E-state index is 5.45. The lowest BCUT2D eigenvalue weighted by molar-refractivity contribution is 0.126. The molecule has 0 aliphatic heterocycles. The van der Waals surface area contributed by atoms with E-state index in [4.69, 9.17) is 16.2 Å². The monoisotopic (exact) mass is 188 g/mol. The summed E-state index contributed by atoms with van der Waals surface area (Å²) in [5.41, 5.74) is 10.7. The molecule has 13 heavy (non-hydrogen) atoms. The van der Waals surface area contributed by atoms with E-state index < -0.39 is 0 Å². The highest BCUT2D eigenvalue weighted by atomic mass is 16.5. The van der Waals surface area contributed by atoms with Crippen LogP contribution in [-0.2, 0) is 4.74 Å². The Kier molecular flexibility index (Phi) is 11.8. The van der Waals surface area contributed by atoms with Gasteiger partial charge in [-0.1, -0.05) is 0 Å². The summed E-state index contributed by atoms with van der Waals surface area (Å²) < 4.78 is 5.45. The molecule has 0 fully saturated rings. The molecular formula is C10H24N2O. The predicted molar refractivity (Wildman–Crippen MR) is 56.6 cm³/mol. The van der Waals surface area contributed by atoms with Crippen molar-refractivity contribution < 1.29 is 4.74 Å². The summed E-state index contributed by atoms with van der Waals surface area (Å²) in [6.07, 6.45) is 6.92. The molecule has 0 aromatic carbocycles. The first-order chi connectivity index (χ1) is 6.41. The molecule has 4 N–H and O–H groups in total. The van der Waals surface area contributed by atoms with E-state index in [9.17, 15) is 0 Å². The normalized spacial score (nSPS) is 10.6. The maximum Gasteiger partial charge on any atom is 0.0466 e. The lowest BCUT2D eigenvalue weighted by atomic mass is 10.2. The first kappa shape index (κ1) is 12.9. The SMILES string of the molecule is NCCCCCOCCCCCN. The van der Waals surface area contributed by atoms with Crippen LogP contribution in [0.4, 0.5) is 0 Å². The summed E-state index contributed by atoms with van der Waals surface area (Å²) in [7, 11) is 0. The topological polar surface area (TPSA) is 61.3 Å². The number of hydrogen-bond acceptors (Lipinski definition) is 3. The van der Waals surface area contributed by atoms with Gasteiger partial charge in [0.1, 0.15) is 0 Å². The third-order valence-corrected chi connectivity index (χ3v) is 1.99. The molecule has 0 atom stereocenters. The number of ether oxygens (including phenoxy) is 1. The number of hydrogen-bond donors (Lipinski definition) is 2. The molecule has 0 saturated heterocycles. The Morgan fingerprint density at radius 3 is 1.46 bits per heavy atom. The standard InChI is InChI=1S/C10H24N2O/c11-7-3-1-5-9-13-10-6-2-4-8-12/h1-12H2. The summed E-state index contributed by atoms with van der Waals surface area (Å²) in [4.78, 5) is 0. The van der Waals surface area contributed by atoms with Crippen LogP contribution < -0.4 is 11.5 Å². The van der Waals surface area contributed by atoms with Crippen molar-refractivity contribution in [1.29, 1.82) is 0 Å². The van der Waals surface area contributed by atoms with Gasteiger partial charge in [0.15, 0.2) is 0 Å². The molecule has 0 aromatic heterocycles. The lowest BCUT2D eigenvalue weighted by Gasteiger charge is -2.03. The van der Waals surface area contributed by atoms with Crippen molar-refractivity contribution >= 4 is 0 Å². The second kappa shape index (κ2) is 11.9. The molecule has 0 aliphatic carbocycles. The molecule has 0 bridgehead atoms. The molecule has 0 radical (unpaired) electrons. The minimum Gasteiger partial charge on any atom is -0.381 e. The van der Waals surface area contributed by atoms with Crippen LogP contribution in [-0.4, -0.2) is 26.3 Å². The highest BCUT2D eigenvalue weighted by Gasteiger charge is 1.90. The minimum atomic E-state index is 0.802. The largest absolute Gasteiger partial charge is 0.381 e. The highest BCUT2D eigenvalue weighted by molar-refractivity contribution is 4.43. The van der Waals surface area contributed by atoms with Crippen LogP contribution in [0.25, 0.3) is 0 Å². The van der Waals surface area contributed by atoms with Crippen LogP contribution in [0.3, 0.4) is 0 Å². The Morgan fingerprint density at radius 1 is 0.615 bits per heavy atom. The molecular weight excluding hydrogens is 164 g/mol. The molecule has 0 amide bonds.